The van der Waals surface area contributed by atoms with Crippen molar-refractivity contribution in [2.45, 2.75) is 39.3 Å². The molecule has 0 amide bonds. The quantitative estimate of drug-likeness (QED) is 0.833. The van der Waals surface area contributed by atoms with Crippen LogP contribution in [0.5, 0.6) is 0 Å². The second-order valence-electron chi connectivity index (χ2n) is 5.20. The van der Waals surface area contributed by atoms with E-state index in [2.05, 4.69) is 43.4 Å². The number of halogens is 1. The molecule has 0 saturated heterocycles. The monoisotopic (exact) mass is 271 g/mol. The van der Waals surface area contributed by atoms with Crippen molar-refractivity contribution in [1.82, 2.24) is 5.32 Å². The van der Waals surface area contributed by atoms with Crippen molar-refractivity contribution in [3.63, 3.8) is 0 Å². The van der Waals surface area contributed by atoms with Crippen LogP contribution in [0.2, 0.25) is 0 Å². The molecule has 2 aromatic rings. The summed E-state index contributed by atoms with van der Waals surface area (Å²) in [4.78, 5) is 0. The zero-order valence-corrected chi connectivity index (χ0v) is 12.2. The normalized spacial score (nSPS) is 12.3. The van der Waals surface area contributed by atoms with Crippen molar-refractivity contribution in [3.05, 3.63) is 71.0 Å². The van der Waals surface area contributed by atoms with Gasteiger partial charge in [0.2, 0.25) is 0 Å². The number of hydrogen-bond acceptors (Lipinski definition) is 1. The highest BCUT2D eigenvalue weighted by molar-refractivity contribution is 5.27. The van der Waals surface area contributed by atoms with Gasteiger partial charge < -0.3 is 5.32 Å². The lowest BCUT2D eigenvalue weighted by atomic mass is 10.0. The first kappa shape index (κ1) is 14.7. The lowest BCUT2D eigenvalue weighted by molar-refractivity contribution is 0.525. The molecule has 0 heterocycles. The minimum absolute atomic E-state index is 0.116. The summed E-state index contributed by atoms with van der Waals surface area (Å²) in [5.41, 5.74) is 3.48. The van der Waals surface area contributed by atoms with Crippen molar-refractivity contribution in [2.24, 2.45) is 0 Å². The third kappa shape index (κ3) is 3.91. The molecule has 20 heavy (non-hydrogen) atoms. The lowest BCUT2D eigenvalue weighted by Gasteiger charge is -2.16. The van der Waals surface area contributed by atoms with Crippen molar-refractivity contribution in [1.29, 1.82) is 0 Å². The van der Waals surface area contributed by atoms with E-state index in [0.717, 1.165) is 18.5 Å². The van der Waals surface area contributed by atoms with Crippen LogP contribution in [0, 0.1) is 5.82 Å². The van der Waals surface area contributed by atoms with E-state index in [-0.39, 0.29) is 11.9 Å². The Balaban J connectivity index is 1.92. The van der Waals surface area contributed by atoms with Crippen molar-refractivity contribution in [2.75, 3.05) is 0 Å². The molecular weight excluding hydrogens is 249 g/mol. The van der Waals surface area contributed by atoms with Gasteiger partial charge in [-0.15, -0.1) is 0 Å². The molecule has 2 rings (SSSR count). The number of aryl methyl sites for hydroxylation is 1. The standard InChI is InChI=1S/C18H22FN/c1-3-15-8-4-5-10-17(15)13-20-14(2)12-16-9-6-7-11-18(16)19/h4-11,14,20H,3,12-13H2,1-2H3. The van der Waals surface area contributed by atoms with Gasteiger partial charge in [0.25, 0.3) is 0 Å². The average molecular weight is 271 g/mol. The predicted octanol–water partition coefficient (Wildman–Crippen LogP) is 4.11. The molecule has 0 spiro atoms. The van der Waals surface area contributed by atoms with Crippen LogP contribution in [0.1, 0.15) is 30.5 Å². The Morgan fingerprint density at radius 2 is 1.55 bits per heavy atom. The van der Waals surface area contributed by atoms with Crippen LogP contribution in [-0.2, 0) is 19.4 Å². The zero-order chi connectivity index (χ0) is 14.4. The highest BCUT2D eigenvalue weighted by Crippen LogP contribution is 2.11. The Hall–Kier alpha value is -1.67. The van der Waals surface area contributed by atoms with Gasteiger partial charge in [0.05, 0.1) is 0 Å². The molecule has 1 nitrogen and oxygen atoms in total. The minimum atomic E-state index is -0.116. The molecule has 1 atom stereocenters. The maximum atomic E-state index is 13.6. The highest BCUT2D eigenvalue weighted by atomic mass is 19.1. The van der Waals surface area contributed by atoms with Gasteiger partial charge in [0, 0.05) is 12.6 Å². The van der Waals surface area contributed by atoms with Crippen LogP contribution in [-0.4, -0.2) is 6.04 Å². The molecule has 0 aliphatic heterocycles. The molecule has 2 aromatic carbocycles. The molecule has 106 valence electrons. The largest absolute Gasteiger partial charge is 0.310 e. The van der Waals surface area contributed by atoms with E-state index < -0.39 is 0 Å². The van der Waals surface area contributed by atoms with Gasteiger partial charge in [0.15, 0.2) is 0 Å². The number of hydrogen-bond donors (Lipinski definition) is 1. The predicted molar refractivity (Wildman–Crippen MR) is 82.2 cm³/mol. The Bertz CT molecular complexity index is 551. The molecule has 0 aromatic heterocycles. The maximum Gasteiger partial charge on any atom is 0.126 e. The van der Waals surface area contributed by atoms with E-state index in [4.69, 9.17) is 0 Å². The fourth-order valence-electron chi connectivity index (χ4n) is 2.43. The molecule has 1 N–H and O–H groups in total. The summed E-state index contributed by atoms with van der Waals surface area (Å²) in [5.74, 6) is -0.116. The van der Waals surface area contributed by atoms with Gasteiger partial charge in [-0.05, 0) is 42.5 Å². The van der Waals surface area contributed by atoms with E-state index in [1.807, 2.05) is 12.1 Å². The van der Waals surface area contributed by atoms with Gasteiger partial charge in [-0.1, -0.05) is 49.4 Å². The molecule has 0 radical (unpaired) electrons. The van der Waals surface area contributed by atoms with Gasteiger partial charge in [-0.25, -0.2) is 4.39 Å². The minimum Gasteiger partial charge on any atom is -0.310 e. The van der Waals surface area contributed by atoms with Crippen LogP contribution in [0.15, 0.2) is 48.5 Å². The van der Waals surface area contributed by atoms with E-state index >= 15 is 0 Å². The Kier molecular flexibility index (Phi) is 5.31. The van der Waals surface area contributed by atoms with E-state index in [0.29, 0.717) is 6.42 Å². The number of rotatable bonds is 6. The third-order valence-corrected chi connectivity index (χ3v) is 3.62. The molecule has 0 aliphatic carbocycles. The van der Waals surface area contributed by atoms with Crippen LogP contribution in [0.25, 0.3) is 0 Å². The lowest BCUT2D eigenvalue weighted by Crippen LogP contribution is -2.28. The van der Waals surface area contributed by atoms with Gasteiger partial charge >= 0.3 is 0 Å². The molecule has 1 unspecified atom stereocenters. The molecule has 2 heteroatoms. The Labute approximate surface area is 120 Å². The fourth-order valence-corrected chi connectivity index (χ4v) is 2.43. The molecule has 0 bridgehead atoms. The Morgan fingerprint density at radius 1 is 0.950 bits per heavy atom. The van der Waals surface area contributed by atoms with Crippen LogP contribution in [0.4, 0.5) is 4.39 Å². The molecule has 0 aliphatic rings. The first-order valence-electron chi connectivity index (χ1n) is 7.24. The van der Waals surface area contributed by atoms with Crippen molar-refractivity contribution < 1.29 is 4.39 Å². The topological polar surface area (TPSA) is 12.0 Å². The first-order valence-corrected chi connectivity index (χ1v) is 7.24. The van der Waals surface area contributed by atoms with E-state index in [1.54, 1.807) is 6.07 Å². The van der Waals surface area contributed by atoms with E-state index in [9.17, 15) is 4.39 Å². The number of nitrogens with one attached hydrogen (secondary N) is 1. The summed E-state index contributed by atoms with van der Waals surface area (Å²) in [6.45, 7) is 5.10. The molecular formula is C18H22FN. The second-order valence-corrected chi connectivity index (χ2v) is 5.20. The van der Waals surface area contributed by atoms with Crippen LogP contribution in [0.3, 0.4) is 0 Å². The SMILES string of the molecule is CCc1ccccc1CNC(C)Cc1ccccc1F. The van der Waals surface area contributed by atoms with E-state index in [1.165, 1.54) is 17.2 Å². The summed E-state index contributed by atoms with van der Waals surface area (Å²) in [6, 6.07) is 15.7. The fraction of sp³-hybridized carbons (Fsp3) is 0.333. The molecule has 0 saturated carbocycles. The summed E-state index contributed by atoms with van der Waals surface area (Å²) >= 11 is 0. The first-order chi connectivity index (χ1) is 9.70. The zero-order valence-electron chi connectivity index (χ0n) is 12.2. The summed E-state index contributed by atoms with van der Waals surface area (Å²) in [7, 11) is 0. The smallest absolute Gasteiger partial charge is 0.126 e. The van der Waals surface area contributed by atoms with Crippen LogP contribution < -0.4 is 5.32 Å². The van der Waals surface area contributed by atoms with Crippen molar-refractivity contribution in [3.8, 4) is 0 Å². The van der Waals surface area contributed by atoms with Gasteiger partial charge in [-0.2, -0.15) is 0 Å². The highest BCUT2D eigenvalue weighted by Gasteiger charge is 2.08. The maximum absolute atomic E-state index is 13.6. The van der Waals surface area contributed by atoms with Crippen LogP contribution >= 0.6 is 0 Å². The third-order valence-electron chi connectivity index (χ3n) is 3.62. The second kappa shape index (κ2) is 7.20. The summed E-state index contributed by atoms with van der Waals surface area (Å²) in [5, 5.41) is 3.48. The van der Waals surface area contributed by atoms with Gasteiger partial charge in [-0.3, -0.25) is 0 Å². The number of benzene rings is 2. The summed E-state index contributed by atoms with van der Waals surface area (Å²) < 4.78 is 13.6. The molecule has 0 fully saturated rings. The van der Waals surface area contributed by atoms with Gasteiger partial charge in [0.1, 0.15) is 5.82 Å². The average Bonchev–Trinajstić information content (AvgIpc) is 2.48. The van der Waals surface area contributed by atoms with Crippen molar-refractivity contribution >= 4 is 0 Å². The Morgan fingerprint density at radius 3 is 2.20 bits per heavy atom. The summed E-state index contributed by atoms with van der Waals surface area (Å²) in [6.07, 6.45) is 1.75.